The summed E-state index contributed by atoms with van der Waals surface area (Å²) in [5, 5.41) is 5.66. The lowest BCUT2D eigenvalue weighted by molar-refractivity contribution is -0.140. The Hall–Kier alpha value is -3.35. The lowest BCUT2D eigenvalue weighted by Gasteiger charge is -2.16. The molecule has 144 valence electrons. The zero-order valence-electron chi connectivity index (χ0n) is 15.5. The van der Waals surface area contributed by atoms with Gasteiger partial charge in [-0.25, -0.2) is 0 Å². The van der Waals surface area contributed by atoms with Crippen LogP contribution in [0.25, 0.3) is 0 Å². The molecule has 2 N–H and O–H groups in total. The molecule has 28 heavy (non-hydrogen) atoms. The van der Waals surface area contributed by atoms with Gasteiger partial charge in [0.25, 0.3) is 5.56 Å². The van der Waals surface area contributed by atoms with Gasteiger partial charge < -0.3 is 14.6 Å². The Balaban J connectivity index is 1.71. The van der Waals surface area contributed by atoms with E-state index in [0.29, 0.717) is 18.6 Å². The highest BCUT2D eigenvalue weighted by Gasteiger charge is 2.26. The van der Waals surface area contributed by atoms with Gasteiger partial charge in [-0.2, -0.15) is 0 Å². The van der Waals surface area contributed by atoms with Gasteiger partial charge in [0.1, 0.15) is 5.75 Å². The molecule has 0 spiro atoms. The predicted octanol–water partition coefficient (Wildman–Crippen LogP) is 2.32. The summed E-state index contributed by atoms with van der Waals surface area (Å²) in [6.45, 7) is 0.702. The van der Waals surface area contributed by atoms with E-state index in [4.69, 9.17) is 9.47 Å². The second-order valence-electron chi connectivity index (χ2n) is 6.81. The van der Waals surface area contributed by atoms with Crippen LogP contribution in [0.4, 0.5) is 0 Å². The number of carbonyl (C=O) groups is 1. The van der Waals surface area contributed by atoms with Crippen molar-refractivity contribution in [1.29, 1.82) is 0 Å². The summed E-state index contributed by atoms with van der Waals surface area (Å²) in [5.41, 5.74) is 4.09. The lowest BCUT2D eigenvalue weighted by Crippen LogP contribution is -2.18. The molecule has 1 unspecified atom stereocenters. The van der Waals surface area contributed by atoms with Crippen LogP contribution in [0.5, 0.6) is 5.75 Å². The van der Waals surface area contributed by atoms with Crippen molar-refractivity contribution in [2.45, 2.75) is 25.2 Å². The molecule has 1 aliphatic rings. The highest BCUT2D eigenvalue weighted by molar-refractivity contribution is 5.71. The Labute approximate surface area is 161 Å². The van der Waals surface area contributed by atoms with Gasteiger partial charge in [0.05, 0.1) is 20.1 Å². The SMILES string of the molecule is COC(=O)CC(c1cccnc1)c1c(Cc2ccc3c(c2)CCO3)[nH][nH]c1=O. The second kappa shape index (κ2) is 7.72. The van der Waals surface area contributed by atoms with Crippen LogP contribution in [0.15, 0.2) is 47.5 Å². The number of carbonyl (C=O) groups excluding carboxylic acids is 1. The fourth-order valence-electron chi connectivity index (χ4n) is 3.68. The second-order valence-corrected chi connectivity index (χ2v) is 6.81. The van der Waals surface area contributed by atoms with Gasteiger partial charge in [0.15, 0.2) is 0 Å². The van der Waals surface area contributed by atoms with Crippen molar-refractivity contribution in [3.8, 4) is 5.75 Å². The summed E-state index contributed by atoms with van der Waals surface area (Å²) in [7, 11) is 1.34. The maximum Gasteiger partial charge on any atom is 0.306 e. The first-order chi connectivity index (χ1) is 13.7. The molecule has 0 radical (unpaired) electrons. The van der Waals surface area contributed by atoms with Gasteiger partial charge in [-0.1, -0.05) is 18.2 Å². The average Bonchev–Trinajstić information content (AvgIpc) is 3.33. The molecular formula is C21H21N3O4. The van der Waals surface area contributed by atoms with Gasteiger partial charge in [-0.3, -0.25) is 19.7 Å². The minimum Gasteiger partial charge on any atom is -0.493 e. The number of hydrogen-bond acceptors (Lipinski definition) is 5. The lowest BCUT2D eigenvalue weighted by atomic mass is 9.88. The zero-order valence-corrected chi connectivity index (χ0v) is 15.5. The Bertz CT molecular complexity index is 1040. The molecule has 2 aromatic heterocycles. The average molecular weight is 379 g/mol. The Kier molecular flexibility index (Phi) is 4.97. The van der Waals surface area contributed by atoms with Gasteiger partial charge in [0.2, 0.25) is 0 Å². The van der Waals surface area contributed by atoms with Crippen molar-refractivity contribution in [2.24, 2.45) is 0 Å². The highest BCUT2D eigenvalue weighted by Crippen LogP contribution is 2.30. The van der Waals surface area contributed by atoms with E-state index in [9.17, 15) is 9.59 Å². The van der Waals surface area contributed by atoms with E-state index in [-0.39, 0.29) is 17.9 Å². The molecule has 0 amide bonds. The molecule has 0 saturated heterocycles. The van der Waals surface area contributed by atoms with Gasteiger partial charge in [-0.05, 0) is 28.8 Å². The number of aromatic amines is 2. The van der Waals surface area contributed by atoms with E-state index < -0.39 is 5.92 Å². The smallest absolute Gasteiger partial charge is 0.306 e. The molecule has 4 rings (SSSR count). The third-order valence-electron chi connectivity index (χ3n) is 5.07. The van der Waals surface area contributed by atoms with Gasteiger partial charge >= 0.3 is 5.97 Å². The van der Waals surface area contributed by atoms with Crippen LogP contribution in [0, 0.1) is 0 Å². The number of fused-ring (bicyclic) bond motifs is 1. The fraction of sp³-hybridized carbons (Fsp3) is 0.286. The third-order valence-corrected chi connectivity index (χ3v) is 5.07. The number of aromatic nitrogens is 3. The van der Waals surface area contributed by atoms with E-state index >= 15 is 0 Å². The summed E-state index contributed by atoms with van der Waals surface area (Å²) >= 11 is 0. The van der Waals surface area contributed by atoms with Crippen molar-refractivity contribution in [1.82, 2.24) is 15.2 Å². The van der Waals surface area contributed by atoms with E-state index in [1.54, 1.807) is 18.5 Å². The van der Waals surface area contributed by atoms with Crippen LogP contribution in [0.3, 0.4) is 0 Å². The Morgan fingerprint density at radius 1 is 1.32 bits per heavy atom. The van der Waals surface area contributed by atoms with E-state index in [0.717, 1.165) is 29.0 Å². The number of rotatable bonds is 6. The highest BCUT2D eigenvalue weighted by atomic mass is 16.5. The fourth-order valence-corrected chi connectivity index (χ4v) is 3.68. The summed E-state index contributed by atoms with van der Waals surface area (Å²) in [5.74, 6) is 0.101. The molecule has 1 atom stereocenters. The quantitative estimate of drug-likeness (QED) is 0.641. The van der Waals surface area contributed by atoms with Crippen LogP contribution in [-0.4, -0.2) is 34.9 Å². The summed E-state index contributed by atoms with van der Waals surface area (Å²) in [4.78, 5) is 28.8. The number of methoxy groups -OCH3 is 1. The van der Waals surface area contributed by atoms with Crippen molar-refractivity contribution >= 4 is 5.97 Å². The molecule has 0 aliphatic carbocycles. The van der Waals surface area contributed by atoms with Gasteiger partial charge in [0, 0.05) is 42.4 Å². The summed E-state index contributed by atoms with van der Waals surface area (Å²) in [6.07, 6.45) is 4.83. The molecule has 3 heterocycles. The Morgan fingerprint density at radius 3 is 3.00 bits per heavy atom. The summed E-state index contributed by atoms with van der Waals surface area (Å²) in [6, 6.07) is 9.73. The largest absolute Gasteiger partial charge is 0.493 e. The number of H-pyrrole nitrogens is 2. The van der Waals surface area contributed by atoms with E-state index in [1.165, 1.54) is 12.7 Å². The molecule has 0 saturated carbocycles. The van der Waals surface area contributed by atoms with E-state index in [1.807, 2.05) is 18.2 Å². The van der Waals surface area contributed by atoms with Crippen molar-refractivity contribution in [2.75, 3.05) is 13.7 Å². The van der Waals surface area contributed by atoms with Crippen LogP contribution in [0.1, 0.15) is 40.3 Å². The maximum absolute atomic E-state index is 12.6. The monoisotopic (exact) mass is 379 g/mol. The van der Waals surface area contributed by atoms with Crippen molar-refractivity contribution < 1.29 is 14.3 Å². The molecule has 1 aromatic carbocycles. The molecular weight excluding hydrogens is 358 g/mol. The molecule has 0 bridgehead atoms. The molecule has 0 fully saturated rings. The first-order valence-electron chi connectivity index (χ1n) is 9.16. The number of hydrogen-bond donors (Lipinski definition) is 2. The van der Waals surface area contributed by atoms with Crippen LogP contribution < -0.4 is 10.3 Å². The number of ether oxygens (including phenoxy) is 2. The molecule has 1 aliphatic heterocycles. The number of benzene rings is 1. The number of pyridine rings is 1. The number of nitrogens with zero attached hydrogens (tertiary/aromatic N) is 1. The van der Waals surface area contributed by atoms with Crippen molar-refractivity contribution in [3.05, 3.63) is 81.0 Å². The van der Waals surface area contributed by atoms with Crippen LogP contribution >= 0.6 is 0 Å². The number of esters is 1. The minimum atomic E-state index is -0.441. The summed E-state index contributed by atoms with van der Waals surface area (Å²) < 4.78 is 10.4. The maximum atomic E-state index is 12.6. The third kappa shape index (κ3) is 3.55. The predicted molar refractivity (Wildman–Crippen MR) is 103 cm³/mol. The first kappa shape index (κ1) is 18.0. The van der Waals surface area contributed by atoms with E-state index in [2.05, 4.69) is 21.2 Å². The Morgan fingerprint density at radius 2 is 2.21 bits per heavy atom. The number of nitrogens with one attached hydrogen (secondary N) is 2. The zero-order chi connectivity index (χ0) is 19.5. The van der Waals surface area contributed by atoms with Crippen LogP contribution in [-0.2, 0) is 22.4 Å². The minimum absolute atomic E-state index is 0.0636. The standard InChI is InChI=1S/C21H21N3O4/c1-27-19(25)11-16(15-3-2-7-22-12-15)20-17(23-24-21(20)26)10-13-4-5-18-14(9-13)6-8-28-18/h2-5,7,9,12,16H,6,8,10-11H2,1H3,(H2,23,24,26). The normalized spacial score (nSPS) is 13.6. The molecule has 3 aromatic rings. The topological polar surface area (TPSA) is 97.1 Å². The van der Waals surface area contributed by atoms with Gasteiger partial charge in [-0.15, -0.1) is 0 Å². The molecule has 7 heteroatoms. The molecule has 7 nitrogen and oxygen atoms in total. The van der Waals surface area contributed by atoms with Crippen molar-refractivity contribution in [3.63, 3.8) is 0 Å². The first-order valence-corrected chi connectivity index (χ1v) is 9.16. The van der Waals surface area contributed by atoms with Crippen LogP contribution in [0.2, 0.25) is 0 Å².